The lowest BCUT2D eigenvalue weighted by molar-refractivity contribution is -0.870. The van der Waals surface area contributed by atoms with E-state index in [4.69, 9.17) is 18.9 Å². The number of allylic oxidation sites excluding steroid dienone is 8. The van der Waals surface area contributed by atoms with Crippen LogP contribution < -0.4 is 0 Å². The van der Waals surface area contributed by atoms with Crippen LogP contribution in [0.3, 0.4) is 0 Å². The molecule has 0 aliphatic heterocycles. The zero-order valence-electron chi connectivity index (χ0n) is 59.9. The van der Waals surface area contributed by atoms with Crippen LogP contribution in [-0.2, 0) is 33.3 Å². The number of hydrogen-bond acceptors (Lipinski definition) is 7. The molecule has 0 radical (unpaired) electrons. The summed E-state index contributed by atoms with van der Waals surface area (Å²) in [7, 11) is 5.99. The first-order valence-electron chi connectivity index (χ1n) is 38.8. The quantitative estimate of drug-likeness (QED) is 0.0211. The van der Waals surface area contributed by atoms with Crippen LogP contribution in [0.25, 0.3) is 0 Å². The average Bonchev–Trinajstić information content (AvgIpc) is 3.64. The van der Waals surface area contributed by atoms with Crippen LogP contribution in [0.1, 0.15) is 386 Å². The molecule has 0 spiro atoms. The van der Waals surface area contributed by atoms with Crippen molar-refractivity contribution in [3.8, 4) is 0 Å². The number of carbonyl (C=O) groups is 3. The highest BCUT2D eigenvalue weighted by molar-refractivity contribution is 5.71. The molecular formula is C80H150NO8+. The van der Waals surface area contributed by atoms with Crippen molar-refractivity contribution in [2.45, 2.75) is 399 Å². The van der Waals surface area contributed by atoms with E-state index in [2.05, 4.69) is 62.5 Å². The number of ether oxygens (including phenoxy) is 4. The van der Waals surface area contributed by atoms with Crippen LogP contribution in [0.5, 0.6) is 0 Å². The lowest BCUT2D eigenvalue weighted by Crippen LogP contribution is -2.40. The molecule has 9 heteroatoms. The minimum Gasteiger partial charge on any atom is -0.477 e. The predicted molar refractivity (Wildman–Crippen MR) is 383 cm³/mol. The molecule has 89 heavy (non-hydrogen) atoms. The van der Waals surface area contributed by atoms with Gasteiger partial charge in [0, 0.05) is 12.8 Å². The predicted octanol–water partition coefficient (Wildman–Crippen LogP) is 24.5. The Morgan fingerprint density at radius 1 is 0.348 bits per heavy atom. The number of hydrogen-bond donors (Lipinski definition) is 1. The first-order valence-corrected chi connectivity index (χ1v) is 38.8. The second-order valence-corrected chi connectivity index (χ2v) is 27.7. The normalized spacial score (nSPS) is 12.9. The molecule has 0 heterocycles. The van der Waals surface area contributed by atoms with Gasteiger partial charge in [-0.05, 0) is 51.4 Å². The number of carboxylic acids is 1. The van der Waals surface area contributed by atoms with E-state index in [-0.39, 0.29) is 38.2 Å². The van der Waals surface area contributed by atoms with E-state index in [0.29, 0.717) is 17.4 Å². The molecule has 0 aliphatic rings. The Labute approximate surface area is 553 Å². The molecule has 1 N–H and O–H groups in total. The number of likely N-dealkylation sites (N-methyl/N-ethyl adjacent to an activating group) is 1. The third kappa shape index (κ3) is 72.5. The van der Waals surface area contributed by atoms with Crippen LogP contribution in [0.4, 0.5) is 0 Å². The zero-order chi connectivity index (χ0) is 64.7. The van der Waals surface area contributed by atoms with Gasteiger partial charge in [-0.2, -0.15) is 0 Å². The molecule has 0 rings (SSSR count). The maximum Gasteiger partial charge on any atom is 0.361 e. The van der Waals surface area contributed by atoms with Gasteiger partial charge in [0.15, 0.2) is 6.10 Å². The number of quaternary nitrogens is 1. The van der Waals surface area contributed by atoms with Gasteiger partial charge in [0.1, 0.15) is 13.2 Å². The third-order valence-electron chi connectivity index (χ3n) is 17.6. The molecule has 9 nitrogen and oxygen atoms in total. The summed E-state index contributed by atoms with van der Waals surface area (Å²) in [5, 5.41) is 9.76. The molecule has 522 valence electrons. The van der Waals surface area contributed by atoms with Gasteiger partial charge in [0.05, 0.1) is 34.4 Å². The third-order valence-corrected chi connectivity index (χ3v) is 17.6. The summed E-state index contributed by atoms with van der Waals surface area (Å²) < 4.78 is 23.0. The minimum atomic E-state index is -1.51. The highest BCUT2D eigenvalue weighted by atomic mass is 16.7. The van der Waals surface area contributed by atoms with Crippen molar-refractivity contribution in [2.24, 2.45) is 0 Å². The number of carboxylic acid groups (broad SMARTS) is 1. The molecule has 0 aliphatic carbocycles. The second-order valence-electron chi connectivity index (χ2n) is 27.7. The number of nitrogens with zero attached hydrogens (tertiary/aromatic N) is 1. The maximum atomic E-state index is 13.0. The highest BCUT2D eigenvalue weighted by Gasteiger charge is 2.25. The molecule has 0 aromatic heterocycles. The Kier molecular flexibility index (Phi) is 68.9. The summed E-state index contributed by atoms with van der Waals surface area (Å²) in [4.78, 5) is 37.7. The number of unbranched alkanes of at least 4 members (excludes halogenated alkanes) is 50. The van der Waals surface area contributed by atoms with Gasteiger partial charge in [-0.3, -0.25) is 9.59 Å². The number of rotatable bonds is 73. The van der Waals surface area contributed by atoms with Gasteiger partial charge < -0.3 is 28.5 Å². The van der Waals surface area contributed by atoms with Gasteiger partial charge in [-0.15, -0.1) is 0 Å². The Morgan fingerprint density at radius 2 is 0.640 bits per heavy atom. The molecule has 0 amide bonds. The molecule has 0 saturated carbocycles. The van der Waals surface area contributed by atoms with Crippen molar-refractivity contribution in [3.63, 3.8) is 0 Å². The lowest BCUT2D eigenvalue weighted by atomic mass is 10.0. The molecule has 2 atom stereocenters. The van der Waals surface area contributed by atoms with Gasteiger partial charge in [0.2, 0.25) is 0 Å². The van der Waals surface area contributed by atoms with E-state index in [1.165, 1.54) is 295 Å². The van der Waals surface area contributed by atoms with E-state index < -0.39 is 18.4 Å². The Hall–Kier alpha value is -2.75. The fourth-order valence-corrected chi connectivity index (χ4v) is 11.7. The molecule has 2 unspecified atom stereocenters. The first kappa shape index (κ1) is 86.2. The average molecular weight is 1250 g/mol. The lowest BCUT2D eigenvalue weighted by Gasteiger charge is -2.25. The van der Waals surface area contributed by atoms with Crippen LogP contribution in [0.2, 0.25) is 0 Å². The Bertz CT molecular complexity index is 1600. The summed E-state index contributed by atoms with van der Waals surface area (Å²) in [6, 6.07) is 0. The smallest absolute Gasteiger partial charge is 0.361 e. The Morgan fingerprint density at radius 3 is 0.955 bits per heavy atom. The van der Waals surface area contributed by atoms with Crippen molar-refractivity contribution in [3.05, 3.63) is 48.6 Å². The topological polar surface area (TPSA) is 108 Å². The molecular weight excluding hydrogens is 1100 g/mol. The van der Waals surface area contributed by atoms with Crippen LogP contribution in [0, 0.1) is 0 Å². The Balaban J connectivity index is 3.97. The van der Waals surface area contributed by atoms with Crippen molar-refractivity contribution in [2.75, 3.05) is 47.5 Å². The minimum absolute atomic E-state index is 0.178. The summed E-state index contributed by atoms with van der Waals surface area (Å²) in [5.41, 5.74) is 0. The van der Waals surface area contributed by atoms with Crippen molar-refractivity contribution < 1.29 is 42.9 Å². The number of carbonyl (C=O) groups excluding carboxylic acids is 2. The molecule has 0 aromatic carbocycles. The fourth-order valence-electron chi connectivity index (χ4n) is 11.7. The fraction of sp³-hybridized carbons (Fsp3) is 0.863. The molecule has 0 saturated heterocycles. The van der Waals surface area contributed by atoms with Crippen LogP contribution in [-0.4, -0.2) is 87.4 Å². The van der Waals surface area contributed by atoms with Gasteiger partial charge in [0.25, 0.3) is 6.29 Å². The largest absolute Gasteiger partial charge is 0.477 e. The van der Waals surface area contributed by atoms with E-state index in [1.807, 2.05) is 21.1 Å². The summed E-state index contributed by atoms with van der Waals surface area (Å²) in [6.07, 6.45) is 89.8. The molecule has 0 fully saturated rings. The summed E-state index contributed by atoms with van der Waals surface area (Å²) in [6.45, 7) is 4.83. The first-order chi connectivity index (χ1) is 43.6. The van der Waals surface area contributed by atoms with Crippen LogP contribution >= 0.6 is 0 Å². The van der Waals surface area contributed by atoms with E-state index >= 15 is 0 Å². The van der Waals surface area contributed by atoms with Crippen molar-refractivity contribution >= 4 is 17.9 Å². The molecule has 0 aromatic rings. The van der Waals surface area contributed by atoms with Gasteiger partial charge in [-0.1, -0.05) is 371 Å². The monoisotopic (exact) mass is 1250 g/mol. The van der Waals surface area contributed by atoms with E-state index in [1.54, 1.807) is 0 Å². The van der Waals surface area contributed by atoms with Crippen molar-refractivity contribution in [1.82, 2.24) is 0 Å². The van der Waals surface area contributed by atoms with Crippen LogP contribution in [0.15, 0.2) is 48.6 Å². The van der Waals surface area contributed by atoms with Gasteiger partial charge >= 0.3 is 17.9 Å². The maximum absolute atomic E-state index is 13.0. The number of aliphatic carboxylic acids is 1. The number of esters is 2. The summed E-state index contributed by atoms with van der Waals surface area (Å²) in [5.74, 6) is -1.98. The highest BCUT2D eigenvalue weighted by Crippen LogP contribution is 2.20. The SMILES string of the molecule is CC/C=C\C/C=C\C/C=C\C/C=C\CCCCCCCCCCCCCCCCC(=O)OC(COC(=O)CCCCCCCCCCCCCCCCCCCCCCCCCCCCCCCCCCCCCCC)COC(OCC[N+](C)(C)C)C(=O)O. The van der Waals surface area contributed by atoms with E-state index in [9.17, 15) is 19.5 Å². The van der Waals surface area contributed by atoms with E-state index in [0.717, 1.165) is 64.2 Å². The van der Waals surface area contributed by atoms with Crippen molar-refractivity contribution in [1.29, 1.82) is 0 Å². The second kappa shape index (κ2) is 71.1. The zero-order valence-corrected chi connectivity index (χ0v) is 59.9. The molecule has 0 bridgehead atoms. The summed E-state index contributed by atoms with van der Waals surface area (Å²) >= 11 is 0. The van der Waals surface area contributed by atoms with Gasteiger partial charge in [-0.25, -0.2) is 4.79 Å². The standard InChI is InChI=1S/C80H149NO8/c1-6-8-10-12-14-16-18-20-22-24-26-28-30-32-34-35-36-37-38-39-40-41-42-43-45-46-48-50-52-54-56-58-60-62-64-66-68-70-77(82)87-74-76(75-88-80(79(84)85)86-73-72-81(3,4)5)89-78(83)71-69-67-65-63-61-59-57-55-53-51-49-47-44-33-31-29-27-25-23-21-19-17-15-13-11-9-7-2/h9,11,15,17,21,23,27,29,76,80H,6-8,10,12-14,16,18-20,22,24-26,28,30-75H2,1-5H3/p+1/b11-9-,17-15-,23-21-,29-27-.